The molecule has 0 aliphatic carbocycles. The number of anilines is 1. The monoisotopic (exact) mass is 384 g/mol. The third kappa shape index (κ3) is 3.58. The molecule has 0 radical (unpaired) electrons. The molecular formula is C22H29FN4O. The molecule has 2 aromatic rings. The number of aromatic nitrogens is 2. The summed E-state index contributed by atoms with van der Waals surface area (Å²) < 4.78 is 15.4. The van der Waals surface area contributed by atoms with Gasteiger partial charge in [0.1, 0.15) is 5.82 Å². The second kappa shape index (κ2) is 7.66. The van der Waals surface area contributed by atoms with Gasteiger partial charge in [0.25, 0.3) is 0 Å². The number of halogens is 1. The van der Waals surface area contributed by atoms with Crippen LogP contribution in [-0.2, 0) is 11.3 Å². The quantitative estimate of drug-likeness (QED) is 0.800. The lowest BCUT2D eigenvalue weighted by atomic mass is 9.72. The third-order valence-corrected chi connectivity index (χ3v) is 6.16. The number of rotatable bonds is 4. The lowest BCUT2D eigenvalue weighted by Gasteiger charge is -2.47. The van der Waals surface area contributed by atoms with E-state index in [2.05, 4.69) is 34.6 Å². The van der Waals surface area contributed by atoms with E-state index in [1.807, 2.05) is 11.1 Å². The molecule has 1 amide bonds. The molecule has 0 bridgehead atoms. The second-order valence-electron chi connectivity index (χ2n) is 8.49. The molecule has 3 heterocycles. The van der Waals surface area contributed by atoms with Gasteiger partial charge >= 0.3 is 0 Å². The highest BCUT2D eigenvalue weighted by Gasteiger charge is 2.46. The zero-order valence-corrected chi connectivity index (χ0v) is 16.8. The fourth-order valence-corrected chi connectivity index (χ4v) is 4.84. The summed E-state index contributed by atoms with van der Waals surface area (Å²) >= 11 is 0. The lowest BCUT2D eigenvalue weighted by Crippen LogP contribution is -2.56. The van der Waals surface area contributed by atoms with Gasteiger partial charge in [-0.1, -0.05) is 0 Å². The first-order valence-electron chi connectivity index (χ1n) is 10.3. The summed E-state index contributed by atoms with van der Waals surface area (Å²) in [5.41, 5.74) is 1.68. The predicted molar refractivity (Wildman–Crippen MR) is 108 cm³/mol. The summed E-state index contributed by atoms with van der Waals surface area (Å²) in [7, 11) is 0. The topological polar surface area (TPSA) is 41.4 Å². The highest BCUT2D eigenvalue weighted by atomic mass is 19.1. The van der Waals surface area contributed by atoms with Crippen molar-refractivity contribution < 1.29 is 9.18 Å². The number of benzene rings is 1. The Morgan fingerprint density at radius 1 is 1.11 bits per heavy atom. The summed E-state index contributed by atoms with van der Waals surface area (Å²) in [6.07, 6.45) is 5.74. The van der Waals surface area contributed by atoms with Crippen LogP contribution >= 0.6 is 0 Å². The van der Waals surface area contributed by atoms with E-state index in [-0.39, 0.29) is 17.1 Å². The molecule has 2 aliphatic heterocycles. The number of carbonyl (C=O) groups is 1. The Balaban J connectivity index is 1.52. The number of amides is 1. The number of hydrogen-bond donors (Lipinski definition) is 0. The van der Waals surface area contributed by atoms with Crippen molar-refractivity contribution in [1.82, 2.24) is 14.7 Å². The van der Waals surface area contributed by atoms with Crippen molar-refractivity contribution in [2.24, 2.45) is 5.41 Å². The van der Waals surface area contributed by atoms with E-state index in [0.717, 1.165) is 51.0 Å². The highest BCUT2D eigenvalue weighted by molar-refractivity contribution is 5.98. The number of carbonyl (C=O) groups excluding carboxylic acids is 1. The van der Waals surface area contributed by atoms with Crippen LogP contribution in [0.4, 0.5) is 10.1 Å². The van der Waals surface area contributed by atoms with Crippen LogP contribution in [0.15, 0.2) is 36.5 Å². The summed E-state index contributed by atoms with van der Waals surface area (Å²) in [4.78, 5) is 17.8. The van der Waals surface area contributed by atoms with Crippen molar-refractivity contribution in [3.8, 4) is 0 Å². The van der Waals surface area contributed by atoms with Crippen LogP contribution in [0, 0.1) is 11.2 Å². The van der Waals surface area contributed by atoms with Crippen LogP contribution < -0.4 is 4.90 Å². The molecule has 2 aliphatic rings. The van der Waals surface area contributed by atoms with Crippen molar-refractivity contribution in [2.45, 2.75) is 52.1 Å². The molecule has 1 spiro atoms. The average molecular weight is 384 g/mol. The van der Waals surface area contributed by atoms with Crippen LogP contribution in [0.25, 0.3) is 0 Å². The van der Waals surface area contributed by atoms with Gasteiger partial charge in [0.05, 0.1) is 11.1 Å². The molecule has 150 valence electrons. The van der Waals surface area contributed by atoms with Gasteiger partial charge in [-0.2, -0.15) is 5.10 Å². The van der Waals surface area contributed by atoms with E-state index >= 15 is 0 Å². The maximum Gasteiger partial charge on any atom is 0.234 e. The highest BCUT2D eigenvalue weighted by Crippen LogP contribution is 2.41. The SMILES string of the molecule is CC(C)n1nccc1CN1CCCC2(CCCN(c3ccc(F)cc3)C2=O)C1. The van der Waals surface area contributed by atoms with Crippen molar-refractivity contribution >= 4 is 11.6 Å². The van der Waals surface area contributed by atoms with Gasteiger partial charge in [-0.25, -0.2) is 4.39 Å². The minimum Gasteiger partial charge on any atom is -0.312 e. The molecule has 1 aromatic carbocycles. The van der Waals surface area contributed by atoms with Crippen molar-refractivity contribution in [3.63, 3.8) is 0 Å². The molecule has 0 N–H and O–H groups in total. The molecule has 0 saturated carbocycles. The van der Waals surface area contributed by atoms with Crippen LogP contribution in [0.2, 0.25) is 0 Å². The van der Waals surface area contributed by atoms with E-state index in [9.17, 15) is 9.18 Å². The number of likely N-dealkylation sites (tertiary alicyclic amines) is 1. The molecule has 6 heteroatoms. The Labute approximate surface area is 166 Å². The standard InChI is InChI=1S/C22H29FN4O/c1-17(2)27-20(9-12-24-27)15-25-13-3-10-22(16-25)11-4-14-26(21(22)28)19-7-5-18(23)6-8-19/h5-9,12,17H,3-4,10-11,13-16H2,1-2H3. The summed E-state index contributed by atoms with van der Waals surface area (Å²) in [5.74, 6) is -0.0686. The van der Waals surface area contributed by atoms with Crippen LogP contribution in [0.5, 0.6) is 0 Å². The molecular weight excluding hydrogens is 355 g/mol. The van der Waals surface area contributed by atoms with E-state index < -0.39 is 0 Å². The van der Waals surface area contributed by atoms with Crippen LogP contribution in [0.3, 0.4) is 0 Å². The normalized spacial score (nSPS) is 23.7. The van der Waals surface area contributed by atoms with Gasteiger partial charge in [-0.3, -0.25) is 14.4 Å². The van der Waals surface area contributed by atoms with E-state index in [0.29, 0.717) is 12.6 Å². The van der Waals surface area contributed by atoms with Crippen LogP contribution in [-0.4, -0.2) is 40.2 Å². The fraction of sp³-hybridized carbons (Fsp3) is 0.545. The molecule has 28 heavy (non-hydrogen) atoms. The molecule has 2 fully saturated rings. The largest absolute Gasteiger partial charge is 0.312 e. The van der Waals surface area contributed by atoms with Gasteiger partial charge in [0.2, 0.25) is 5.91 Å². The maximum atomic E-state index is 13.5. The minimum absolute atomic E-state index is 0.201. The summed E-state index contributed by atoms with van der Waals surface area (Å²) in [6, 6.07) is 8.71. The Kier molecular flexibility index (Phi) is 5.23. The summed E-state index contributed by atoms with van der Waals surface area (Å²) in [5, 5.41) is 4.44. The van der Waals surface area contributed by atoms with Gasteiger partial charge in [-0.15, -0.1) is 0 Å². The number of piperidine rings is 2. The Morgan fingerprint density at radius 2 is 1.82 bits per heavy atom. The fourth-order valence-electron chi connectivity index (χ4n) is 4.84. The molecule has 4 rings (SSSR count). The number of nitrogens with zero attached hydrogens (tertiary/aromatic N) is 4. The van der Waals surface area contributed by atoms with Gasteiger partial charge in [-0.05, 0) is 76.4 Å². The predicted octanol–water partition coefficient (Wildman–Crippen LogP) is 4.01. The van der Waals surface area contributed by atoms with Crippen molar-refractivity contribution in [3.05, 3.63) is 48.0 Å². The Bertz CT molecular complexity index is 827. The minimum atomic E-state index is -0.326. The smallest absolute Gasteiger partial charge is 0.234 e. The van der Waals surface area contributed by atoms with E-state index in [1.54, 1.807) is 12.1 Å². The first-order chi connectivity index (χ1) is 13.5. The van der Waals surface area contributed by atoms with Crippen molar-refractivity contribution in [1.29, 1.82) is 0 Å². The van der Waals surface area contributed by atoms with Gasteiger partial charge in [0.15, 0.2) is 0 Å². The third-order valence-electron chi connectivity index (χ3n) is 6.16. The maximum absolute atomic E-state index is 13.5. The Hall–Kier alpha value is -2.21. The first-order valence-corrected chi connectivity index (χ1v) is 10.3. The zero-order valence-electron chi connectivity index (χ0n) is 16.8. The lowest BCUT2D eigenvalue weighted by molar-refractivity contribution is -0.134. The van der Waals surface area contributed by atoms with Gasteiger partial charge < -0.3 is 4.90 Å². The number of hydrogen-bond acceptors (Lipinski definition) is 3. The average Bonchev–Trinajstić information content (AvgIpc) is 3.14. The van der Waals surface area contributed by atoms with E-state index in [4.69, 9.17) is 0 Å². The van der Waals surface area contributed by atoms with Gasteiger partial charge in [0, 0.05) is 37.6 Å². The molecule has 1 aromatic heterocycles. The molecule has 2 saturated heterocycles. The first kappa shape index (κ1) is 19.1. The van der Waals surface area contributed by atoms with Crippen LogP contribution in [0.1, 0.15) is 51.3 Å². The zero-order chi connectivity index (χ0) is 19.7. The Morgan fingerprint density at radius 3 is 2.54 bits per heavy atom. The van der Waals surface area contributed by atoms with Crippen molar-refractivity contribution in [2.75, 3.05) is 24.5 Å². The van der Waals surface area contributed by atoms with E-state index in [1.165, 1.54) is 17.8 Å². The summed E-state index contributed by atoms with van der Waals surface area (Å²) in [6.45, 7) is 7.61. The second-order valence-corrected chi connectivity index (χ2v) is 8.49. The molecule has 1 atom stereocenters. The molecule has 1 unspecified atom stereocenters. The molecule has 5 nitrogen and oxygen atoms in total.